The van der Waals surface area contributed by atoms with Crippen molar-refractivity contribution in [1.29, 1.82) is 0 Å². The Morgan fingerprint density at radius 2 is 1.83 bits per heavy atom. The number of rotatable bonds is 5. The molecule has 0 aromatic heterocycles. The summed E-state index contributed by atoms with van der Waals surface area (Å²) >= 11 is 0. The molecule has 0 bridgehead atoms. The number of benzene rings is 1. The molecular weight excluding hydrogens is 236 g/mol. The Hall–Kier alpha value is -1.75. The smallest absolute Gasteiger partial charge is 0.341 e. The van der Waals surface area contributed by atoms with Gasteiger partial charge in [0.25, 0.3) is 0 Å². The first-order valence-electron chi connectivity index (χ1n) is 5.42. The first-order valence-corrected chi connectivity index (χ1v) is 5.42. The number of esters is 1. The second kappa shape index (κ2) is 6.26. The van der Waals surface area contributed by atoms with Crippen LogP contribution in [0.5, 0.6) is 11.5 Å². The van der Waals surface area contributed by atoms with Gasteiger partial charge in [0.2, 0.25) is 0 Å². The highest BCUT2D eigenvalue weighted by Crippen LogP contribution is 2.35. The standard InChI is InChI=1S/C13H18O5/c1-8-6-10(16-3)9(7-15-2)12(17-4)11(8)13(14)18-5/h6H,7H2,1-5H3. The number of carbonyl (C=O) groups is 1. The fourth-order valence-electron chi connectivity index (χ4n) is 1.84. The first-order chi connectivity index (χ1) is 8.60. The molecule has 1 aromatic rings. The summed E-state index contributed by atoms with van der Waals surface area (Å²) in [7, 11) is 5.96. The molecule has 0 fully saturated rings. The lowest BCUT2D eigenvalue weighted by Gasteiger charge is -2.17. The number of hydrogen-bond donors (Lipinski definition) is 0. The Balaban J connectivity index is 3.51. The molecule has 0 radical (unpaired) electrons. The Morgan fingerprint density at radius 3 is 2.28 bits per heavy atom. The van der Waals surface area contributed by atoms with E-state index in [0.29, 0.717) is 22.6 Å². The zero-order valence-electron chi connectivity index (χ0n) is 11.3. The maximum Gasteiger partial charge on any atom is 0.341 e. The van der Waals surface area contributed by atoms with E-state index in [1.807, 2.05) is 0 Å². The lowest BCUT2D eigenvalue weighted by molar-refractivity contribution is 0.0595. The van der Waals surface area contributed by atoms with Gasteiger partial charge in [0, 0.05) is 7.11 Å². The fourth-order valence-corrected chi connectivity index (χ4v) is 1.84. The normalized spacial score (nSPS) is 10.1. The molecule has 1 rings (SSSR count). The van der Waals surface area contributed by atoms with Gasteiger partial charge >= 0.3 is 5.97 Å². The Bertz CT molecular complexity index is 439. The van der Waals surface area contributed by atoms with E-state index in [0.717, 1.165) is 5.56 Å². The minimum atomic E-state index is -0.440. The third kappa shape index (κ3) is 2.56. The molecule has 0 saturated carbocycles. The van der Waals surface area contributed by atoms with Gasteiger partial charge in [-0.3, -0.25) is 0 Å². The Labute approximate surface area is 107 Å². The topological polar surface area (TPSA) is 54.0 Å². The summed E-state index contributed by atoms with van der Waals surface area (Å²) in [5, 5.41) is 0. The van der Waals surface area contributed by atoms with E-state index in [4.69, 9.17) is 18.9 Å². The highest BCUT2D eigenvalue weighted by atomic mass is 16.5. The molecule has 0 heterocycles. The van der Waals surface area contributed by atoms with Crippen LogP contribution in [0.4, 0.5) is 0 Å². The van der Waals surface area contributed by atoms with Crippen molar-refractivity contribution in [2.24, 2.45) is 0 Å². The quantitative estimate of drug-likeness (QED) is 0.752. The fraction of sp³-hybridized carbons (Fsp3) is 0.462. The second-order valence-corrected chi connectivity index (χ2v) is 3.71. The minimum Gasteiger partial charge on any atom is -0.496 e. The molecular formula is C13H18O5. The van der Waals surface area contributed by atoms with E-state index >= 15 is 0 Å². The van der Waals surface area contributed by atoms with Gasteiger partial charge in [0.15, 0.2) is 0 Å². The average Bonchev–Trinajstić information content (AvgIpc) is 2.38. The highest BCUT2D eigenvalue weighted by molar-refractivity contribution is 5.95. The zero-order valence-corrected chi connectivity index (χ0v) is 11.3. The predicted octanol–water partition coefficient (Wildman–Crippen LogP) is 1.95. The number of carbonyl (C=O) groups excluding carboxylic acids is 1. The van der Waals surface area contributed by atoms with Gasteiger partial charge in [0.05, 0.1) is 33.5 Å². The van der Waals surface area contributed by atoms with Crippen molar-refractivity contribution >= 4 is 5.97 Å². The molecule has 0 atom stereocenters. The summed E-state index contributed by atoms with van der Waals surface area (Å²) in [5.74, 6) is 0.615. The van der Waals surface area contributed by atoms with Gasteiger partial charge in [-0.1, -0.05) is 0 Å². The van der Waals surface area contributed by atoms with Crippen LogP contribution in [0.25, 0.3) is 0 Å². The van der Waals surface area contributed by atoms with Crippen molar-refractivity contribution < 1.29 is 23.7 Å². The monoisotopic (exact) mass is 254 g/mol. The molecule has 5 heteroatoms. The largest absolute Gasteiger partial charge is 0.496 e. The Morgan fingerprint density at radius 1 is 1.17 bits per heavy atom. The van der Waals surface area contributed by atoms with E-state index in [-0.39, 0.29) is 6.61 Å². The third-order valence-corrected chi connectivity index (χ3v) is 2.64. The molecule has 18 heavy (non-hydrogen) atoms. The summed E-state index contributed by atoms with van der Waals surface area (Å²) in [4.78, 5) is 11.8. The van der Waals surface area contributed by atoms with Gasteiger partial charge in [-0.25, -0.2) is 4.79 Å². The molecule has 0 spiro atoms. The van der Waals surface area contributed by atoms with E-state index in [9.17, 15) is 4.79 Å². The van der Waals surface area contributed by atoms with Crippen molar-refractivity contribution in [2.45, 2.75) is 13.5 Å². The molecule has 0 aliphatic carbocycles. The third-order valence-electron chi connectivity index (χ3n) is 2.64. The van der Waals surface area contributed by atoms with Gasteiger partial charge in [-0.05, 0) is 18.6 Å². The number of aryl methyl sites for hydroxylation is 1. The van der Waals surface area contributed by atoms with E-state index in [2.05, 4.69) is 0 Å². The predicted molar refractivity (Wildman–Crippen MR) is 66.3 cm³/mol. The molecule has 1 aromatic carbocycles. The van der Waals surface area contributed by atoms with Crippen molar-refractivity contribution in [2.75, 3.05) is 28.4 Å². The van der Waals surface area contributed by atoms with Crippen LogP contribution >= 0.6 is 0 Å². The van der Waals surface area contributed by atoms with Gasteiger partial charge in [-0.15, -0.1) is 0 Å². The van der Waals surface area contributed by atoms with Crippen LogP contribution < -0.4 is 9.47 Å². The SMILES string of the molecule is COCc1c(OC)cc(C)c(C(=O)OC)c1OC. The average molecular weight is 254 g/mol. The van der Waals surface area contributed by atoms with E-state index < -0.39 is 5.97 Å². The number of methoxy groups -OCH3 is 4. The van der Waals surface area contributed by atoms with Crippen LogP contribution in [0.15, 0.2) is 6.07 Å². The van der Waals surface area contributed by atoms with Gasteiger partial charge < -0.3 is 18.9 Å². The zero-order chi connectivity index (χ0) is 13.7. The molecule has 5 nitrogen and oxygen atoms in total. The van der Waals surface area contributed by atoms with Crippen LogP contribution in [0.3, 0.4) is 0 Å². The highest BCUT2D eigenvalue weighted by Gasteiger charge is 2.23. The summed E-state index contributed by atoms with van der Waals surface area (Å²) < 4.78 is 20.5. The van der Waals surface area contributed by atoms with Crippen LogP contribution in [-0.4, -0.2) is 34.4 Å². The lowest BCUT2D eigenvalue weighted by Crippen LogP contribution is -2.10. The van der Waals surface area contributed by atoms with Gasteiger partial charge in [0.1, 0.15) is 17.1 Å². The summed E-state index contributed by atoms with van der Waals surface area (Å²) in [6.07, 6.45) is 0. The van der Waals surface area contributed by atoms with Crippen molar-refractivity contribution in [3.8, 4) is 11.5 Å². The summed E-state index contributed by atoms with van der Waals surface area (Å²) in [5.41, 5.74) is 1.82. The number of hydrogen-bond acceptors (Lipinski definition) is 5. The van der Waals surface area contributed by atoms with Crippen LogP contribution in [0.2, 0.25) is 0 Å². The lowest BCUT2D eigenvalue weighted by atomic mass is 10.0. The first kappa shape index (κ1) is 14.3. The number of ether oxygens (including phenoxy) is 4. The summed E-state index contributed by atoms with van der Waals surface area (Å²) in [6.45, 7) is 2.09. The molecule has 0 amide bonds. The van der Waals surface area contributed by atoms with E-state index in [1.54, 1.807) is 27.2 Å². The minimum absolute atomic E-state index is 0.288. The van der Waals surface area contributed by atoms with Crippen molar-refractivity contribution in [3.63, 3.8) is 0 Å². The van der Waals surface area contributed by atoms with Gasteiger partial charge in [-0.2, -0.15) is 0 Å². The second-order valence-electron chi connectivity index (χ2n) is 3.71. The molecule has 0 aliphatic rings. The van der Waals surface area contributed by atoms with Crippen LogP contribution in [0.1, 0.15) is 21.5 Å². The molecule has 0 unspecified atom stereocenters. The maximum absolute atomic E-state index is 11.8. The summed E-state index contributed by atoms with van der Waals surface area (Å²) in [6, 6.07) is 1.77. The van der Waals surface area contributed by atoms with E-state index in [1.165, 1.54) is 14.2 Å². The molecule has 0 aliphatic heterocycles. The van der Waals surface area contributed by atoms with Crippen molar-refractivity contribution in [1.82, 2.24) is 0 Å². The molecule has 0 N–H and O–H groups in total. The van der Waals surface area contributed by atoms with Crippen LogP contribution in [0, 0.1) is 6.92 Å². The molecule has 100 valence electrons. The van der Waals surface area contributed by atoms with Crippen LogP contribution in [-0.2, 0) is 16.1 Å². The molecule has 0 saturated heterocycles. The van der Waals surface area contributed by atoms with Crippen molar-refractivity contribution in [3.05, 3.63) is 22.8 Å². The maximum atomic E-state index is 11.8. The Kier molecular flexibility index (Phi) is 4.97.